The molecule has 0 atom stereocenters. The Bertz CT molecular complexity index is 1510. The van der Waals surface area contributed by atoms with Crippen LogP contribution >= 0.6 is 0 Å². The molecule has 0 spiro atoms. The minimum atomic E-state index is -4.36. The van der Waals surface area contributed by atoms with E-state index in [1.54, 1.807) is 6.92 Å². The van der Waals surface area contributed by atoms with E-state index in [1.807, 2.05) is 0 Å². The topological polar surface area (TPSA) is 175 Å². The van der Waals surface area contributed by atoms with Crippen molar-refractivity contribution < 1.29 is 25.9 Å². The summed E-state index contributed by atoms with van der Waals surface area (Å²) >= 11 is 0. The number of hydrogen-bond acceptors (Lipinski definition) is 9. The second-order valence-corrected chi connectivity index (χ2v) is 9.63. The summed E-state index contributed by atoms with van der Waals surface area (Å²) < 4.78 is 63.3. The van der Waals surface area contributed by atoms with Crippen LogP contribution in [0.15, 0.2) is 68.6 Å². The van der Waals surface area contributed by atoms with Gasteiger partial charge in [-0.3, -0.25) is 9.11 Å². The van der Waals surface area contributed by atoms with Gasteiger partial charge in [-0.1, -0.05) is 0 Å². The maximum Gasteiger partial charge on any atom is 0.294 e. The summed E-state index contributed by atoms with van der Waals surface area (Å²) in [5, 5.41) is 13.7. The monoisotopic (exact) mass is 502 g/mol. The van der Waals surface area contributed by atoms with Crippen LogP contribution < -0.4 is 10.6 Å². The van der Waals surface area contributed by atoms with E-state index in [0.717, 1.165) is 0 Å². The summed E-state index contributed by atoms with van der Waals surface area (Å²) in [4.78, 5) is 7.38. The van der Waals surface area contributed by atoms with E-state index in [0.29, 0.717) is 16.9 Å². The van der Waals surface area contributed by atoms with Crippen molar-refractivity contribution in [3.63, 3.8) is 0 Å². The fraction of sp³-hybridized carbons (Fsp3) is 0.100. The molecule has 3 aromatic rings. The zero-order valence-corrected chi connectivity index (χ0v) is 19.4. The molecule has 12 nitrogen and oxygen atoms in total. The van der Waals surface area contributed by atoms with Gasteiger partial charge in [0.15, 0.2) is 5.82 Å². The Hall–Kier alpha value is -3.90. The molecule has 2 aromatic carbocycles. The van der Waals surface area contributed by atoms with Gasteiger partial charge in [0.25, 0.3) is 20.2 Å². The lowest BCUT2D eigenvalue weighted by atomic mass is 10.1. The van der Waals surface area contributed by atoms with Crippen molar-refractivity contribution in [1.29, 1.82) is 0 Å². The second-order valence-electron chi connectivity index (χ2n) is 6.79. The van der Waals surface area contributed by atoms with Gasteiger partial charge in [0.1, 0.15) is 11.5 Å². The van der Waals surface area contributed by atoms with E-state index < -0.39 is 20.2 Å². The first-order valence-electron chi connectivity index (χ1n) is 9.35. The Morgan fingerprint density at radius 3 is 1.68 bits per heavy atom. The van der Waals surface area contributed by atoms with Crippen molar-refractivity contribution in [1.82, 2.24) is 4.98 Å². The third-order valence-electron chi connectivity index (χ3n) is 4.52. The Morgan fingerprint density at radius 2 is 1.29 bits per heavy atom. The largest absolute Gasteiger partial charge is 0.349 e. The lowest BCUT2D eigenvalue weighted by Gasteiger charge is -2.16. The quantitative estimate of drug-likeness (QED) is 0.204. The summed E-state index contributed by atoms with van der Waals surface area (Å²) in [6.45, 7) is 9.22. The highest BCUT2D eigenvalue weighted by Gasteiger charge is 2.19. The molecule has 176 valence electrons. The standard InChI is InChI=1S/C20H18N6O6S2/c1-12-17(21-2)19(23-13-4-8-15(9-5-13)33(27,28)29)25-20(18(12)26-22-3)24-14-6-10-16(11-7-14)34(30,31)32/h4-11H,1,3H3,(H2,23,24,25)(H,27,28,29)(H,30,31,32). The van der Waals surface area contributed by atoms with E-state index in [2.05, 4.69) is 30.7 Å². The molecule has 0 aliphatic rings. The lowest BCUT2D eigenvalue weighted by molar-refractivity contribution is 0.481. The van der Waals surface area contributed by atoms with Crippen molar-refractivity contribution in [2.45, 2.75) is 16.7 Å². The van der Waals surface area contributed by atoms with Crippen LogP contribution in [0.1, 0.15) is 5.56 Å². The van der Waals surface area contributed by atoms with Gasteiger partial charge in [0.2, 0.25) is 5.69 Å². The molecule has 0 aliphatic heterocycles. The van der Waals surface area contributed by atoms with Crippen LogP contribution in [0, 0.1) is 13.5 Å². The Morgan fingerprint density at radius 1 is 0.853 bits per heavy atom. The first kappa shape index (κ1) is 24.7. The van der Waals surface area contributed by atoms with E-state index in [9.17, 15) is 16.8 Å². The molecule has 0 aliphatic carbocycles. The summed E-state index contributed by atoms with van der Waals surface area (Å²) in [6.07, 6.45) is 0. The molecule has 4 N–H and O–H groups in total. The molecule has 0 saturated heterocycles. The third-order valence-corrected chi connectivity index (χ3v) is 6.26. The molecular weight excluding hydrogens is 484 g/mol. The van der Waals surface area contributed by atoms with Crippen LogP contribution in [0.5, 0.6) is 0 Å². The number of hydrogen-bond donors (Lipinski definition) is 4. The number of benzene rings is 2. The lowest BCUT2D eigenvalue weighted by Crippen LogP contribution is -2.02. The van der Waals surface area contributed by atoms with Gasteiger partial charge in [-0.2, -0.15) is 27.1 Å². The molecule has 0 saturated carbocycles. The van der Waals surface area contributed by atoms with Crippen LogP contribution in [0.2, 0.25) is 0 Å². The zero-order chi connectivity index (χ0) is 25.1. The number of rotatable bonds is 7. The summed E-state index contributed by atoms with van der Waals surface area (Å²) in [7, 11) is -7.26. The van der Waals surface area contributed by atoms with Crippen LogP contribution in [-0.4, -0.2) is 38.0 Å². The van der Waals surface area contributed by atoms with Crippen molar-refractivity contribution in [2.75, 3.05) is 17.7 Å². The first-order valence-corrected chi connectivity index (χ1v) is 12.2. The van der Waals surface area contributed by atoms with Crippen LogP contribution in [-0.2, 0) is 20.2 Å². The molecule has 1 heterocycles. The molecule has 3 rings (SSSR count). The predicted molar refractivity (Wildman–Crippen MR) is 125 cm³/mol. The molecule has 34 heavy (non-hydrogen) atoms. The van der Waals surface area contributed by atoms with Gasteiger partial charge in [-0.15, -0.1) is 0 Å². The van der Waals surface area contributed by atoms with Gasteiger partial charge in [-0.05, 0) is 61.0 Å². The summed E-state index contributed by atoms with van der Waals surface area (Å²) in [5.74, 6) is 0.339. The van der Waals surface area contributed by atoms with E-state index in [4.69, 9.17) is 15.7 Å². The number of pyridine rings is 1. The number of azo groups is 1. The van der Waals surface area contributed by atoms with Crippen LogP contribution in [0.3, 0.4) is 0 Å². The highest BCUT2D eigenvalue weighted by molar-refractivity contribution is 7.86. The highest BCUT2D eigenvalue weighted by Crippen LogP contribution is 2.41. The highest BCUT2D eigenvalue weighted by atomic mass is 32.2. The van der Waals surface area contributed by atoms with Crippen molar-refractivity contribution in [2.24, 2.45) is 10.2 Å². The molecule has 0 fully saturated rings. The second kappa shape index (κ2) is 9.53. The van der Waals surface area contributed by atoms with Gasteiger partial charge < -0.3 is 10.6 Å². The van der Waals surface area contributed by atoms with Crippen molar-refractivity contribution >= 4 is 54.6 Å². The van der Waals surface area contributed by atoms with E-state index in [-0.39, 0.29) is 32.8 Å². The van der Waals surface area contributed by atoms with Crippen molar-refractivity contribution in [3.8, 4) is 0 Å². The summed E-state index contributed by atoms with van der Waals surface area (Å²) in [6, 6.07) is 10.4. The Balaban J connectivity index is 2.05. The molecule has 0 amide bonds. The fourth-order valence-corrected chi connectivity index (χ4v) is 3.87. The first-order chi connectivity index (χ1) is 15.9. The molecule has 1 aromatic heterocycles. The number of nitrogens with one attached hydrogen (secondary N) is 2. The third kappa shape index (κ3) is 5.53. The minimum absolute atomic E-state index is 0.138. The van der Waals surface area contributed by atoms with Gasteiger partial charge in [0, 0.05) is 18.4 Å². The maximum absolute atomic E-state index is 11.3. The van der Waals surface area contributed by atoms with Crippen molar-refractivity contribution in [3.05, 3.63) is 65.5 Å². The predicted octanol–water partition coefficient (Wildman–Crippen LogP) is 4.63. The minimum Gasteiger partial charge on any atom is -0.349 e. The van der Waals surface area contributed by atoms with Gasteiger partial charge in [0.05, 0.1) is 16.4 Å². The average Bonchev–Trinajstić information content (AvgIpc) is 2.76. The summed E-state index contributed by atoms with van der Waals surface area (Å²) in [5.41, 5.74) is 1.70. The number of aromatic nitrogens is 1. The van der Waals surface area contributed by atoms with E-state index >= 15 is 0 Å². The normalized spacial score (nSPS) is 11.9. The average molecular weight is 503 g/mol. The molecule has 0 unspecified atom stereocenters. The molecular formula is C20H18N6O6S2. The smallest absolute Gasteiger partial charge is 0.294 e. The molecule has 0 radical (unpaired) electrons. The SMILES string of the molecule is [C-]#[N+]c1c(Nc2ccc(S(=O)(=O)O)cc2)nc(Nc2ccc(S(=O)(=O)O)cc2)c(N=NC)c1C. The van der Waals surface area contributed by atoms with Gasteiger partial charge >= 0.3 is 0 Å². The van der Waals surface area contributed by atoms with Crippen LogP contribution in [0.4, 0.5) is 34.4 Å². The van der Waals surface area contributed by atoms with Gasteiger partial charge in [-0.25, -0.2) is 9.83 Å². The zero-order valence-electron chi connectivity index (χ0n) is 17.8. The number of anilines is 4. The molecule has 14 heteroatoms. The molecule has 0 bridgehead atoms. The Kier molecular flexibility index (Phi) is 6.93. The van der Waals surface area contributed by atoms with Crippen LogP contribution in [0.25, 0.3) is 4.85 Å². The Labute approximate surface area is 195 Å². The van der Waals surface area contributed by atoms with E-state index in [1.165, 1.54) is 55.6 Å². The fourth-order valence-electron chi connectivity index (χ4n) is 2.91. The number of nitrogens with zero attached hydrogens (tertiary/aromatic N) is 4. The maximum atomic E-state index is 11.3.